The summed E-state index contributed by atoms with van der Waals surface area (Å²) in [6.07, 6.45) is 6.70. The van der Waals surface area contributed by atoms with Gasteiger partial charge < -0.3 is 4.57 Å². The topological polar surface area (TPSA) is 4.93 Å². The molecule has 0 saturated carbocycles. The number of aryl methyl sites for hydroxylation is 1. The molecule has 1 nitrogen and oxygen atoms in total. The van der Waals surface area contributed by atoms with Crippen LogP contribution in [0.25, 0.3) is 39.5 Å². The lowest BCUT2D eigenvalue weighted by Crippen LogP contribution is -1.92. The maximum Gasteiger partial charge on any atom is 0.0491 e. The first-order chi connectivity index (χ1) is 12.3. The zero-order chi connectivity index (χ0) is 16.8. The van der Waals surface area contributed by atoms with Crippen LogP contribution in [0.15, 0.2) is 72.8 Å². The van der Waals surface area contributed by atoms with Crippen LogP contribution in [0.4, 0.5) is 0 Å². The van der Waals surface area contributed by atoms with Crippen molar-refractivity contribution >= 4 is 39.5 Å². The van der Waals surface area contributed by atoms with Gasteiger partial charge in [-0.1, -0.05) is 60.7 Å². The minimum atomic E-state index is 0.987. The van der Waals surface area contributed by atoms with E-state index < -0.39 is 0 Å². The lowest BCUT2D eigenvalue weighted by Gasteiger charge is -2.04. The van der Waals surface area contributed by atoms with Crippen molar-refractivity contribution in [2.24, 2.45) is 0 Å². The van der Waals surface area contributed by atoms with Gasteiger partial charge in [-0.15, -0.1) is 0 Å². The molecular weight excluding hydrogens is 302 g/mol. The predicted molar refractivity (Wildman–Crippen MR) is 108 cm³/mol. The molecule has 5 rings (SSSR count). The smallest absolute Gasteiger partial charge is 0.0491 e. The van der Waals surface area contributed by atoms with Gasteiger partial charge in [-0.05, 0) is 53.5 Å². The summed E-state index contributed by atoms with van der Waals surface area (Å²) in [6, 6.07) is 24.1. The largest absolute Gasteiger partial charge is 0.341 e. The third-order valence-electron chi connectivity index (χ3n) is 5.15. The molecule has 0 unspecified atom stereocenters. The predicted octanol–water partition coefficient (Wildman–Crippen LogP) is 6.38. The summed E-state index contributed by atoms with van der Waals surface area (Å²) in [4.78, 5) is 0. The quantitative estimate of drug-likeness (QED) is 0.403. The van der Waals surface area contributed by atoms with E-state index in [1.807, 2.05) is 0 Å². The highest BCUT2D eigenvalue weighted by molar-refractivity contribution is 6.09. The van der Waals surface area contributed by atoms with E-state index in [-0.39, 0.29) is 0 Å². The summed E-state index contributed by atoms with van der Waals surface area (Å²) >= 11 is 0. The molecule has 0 fully saturated rings. The van der Waals surface area contributed by atoms with Crippen molar-refractivity contribution < 1.29 is 0 Å². The number of hydrogen-bond donors (Lipinski definition) is 0. The first kappa shape index (κ1) is 14.3. The summed E-state index contributed by atoms with van der Waals surface area (Å²) in [5.74, 6) is 0. The highest BCUT2D eigenvalue weighted by atomic mass is 15.0. The molecular formula is C24H19N. The fraction of sp³-hybridized carbons (Fsp3) is 0.0833. The Morgan fingerprint density at radius 1 is 0.800 bits per heavy atom. The lowest BCUT2D eigenvalue weighted by atomic mass is 10.0. The summed E-state index contributed by atoms with van der Waals surface area (Å²) in [5.41, 5.74) is 7.79. The minimum absolute atomic E-state index is 0.987. The van der Waals surface area contributed by atoms with Crippen LogP contribution in [-0.2, 0) is 6.54 Å². The Labute approximate surface area is 147 Å². The van der Waals surface area contributed by atoms with E-state index in [2.05, 4.69) is 96.4 Å². The van der Waals surface area contributed by atoms with Crippen LogP contribution in [-0.4, -0.2) is 4.57 Å². The maximum absolute atomic E-state index is 2.40. The van der Waals surface area contributed by atoms with E-state index >= 15 is 0 Å². The molecule has 1 aliphatic carbocycles. The van der Waals surface area contributed by atoms with Gasteiger partial charge in [0.05, 0.1) is 0 Å². The number of nitrogens with zero attached hydrogens (tertiary/aromatic N) is 1. The average molecular weight is 321 g/mol. The third-order valence-corrected chi connectivity index (χ3v) is 5.15. The SMILES string of the molecule is CCn1c2ccccc2c2cc(/C=C3\C=Cc4ccccc43)ccc21. The second kappa shape index (κ2) is 5.49. The van der Waals surface area contributed by atoms with Crippen molar-refractivity contribution in [2.75, 3.05) is 0 Å². The second-order valence-corrected chi connectivity index (χ2v) is 6.56. The first-order valence-corrected chi connectivity index (χ1v) is 8.85. The molecule has 120 valence electrons. The molecule has 25 heavy (non-hydrogen) atoms. The molecule has 0 atom stereocenters. The van der Waals surface area contributed by atoms with Gasteiger partial charge in [-0.2, -0.15) is 0 Å². The van der Waals surface area contributed by atoms with Crippen LogP contribution in [0.1, 0.15) is 23.6 Å². The van der Waals surface area contributed by atoms with Crippen LogP contribution in [0.5, 0.6) is 0 Å². The van der Waals surface area contributed by atoms with Crippen LogP contribution < -0.4 is 0 Å². The van der Waals surface area contributed by atoms with Crippen molar-refractivity contribution in [3.63, 3.8) is 0 Å². The Morgan fingerprint density at radius 3 is 2.52 bits per heavy atom. The van der Waals surface area contributed by atoms with E-state index in [0.29, 0.717) is 0 Å². The Balaban J connectivity index is 1.71. The van der Waals surface area contributed by atoms with Crippen molar-refractivity contribution in [1.29, 1.82) is 0 Å². The highest BCUT2D eigenvalue weighted by Crippen LogP contribution is 2.33. The van der Waals surface area contributed by atoms with Crippen LogP contribution >= 0.6 is 0 Å². The molecule has 0 spiro atoms. The molecule has 0 radical (unpaired) electrons. The Kier molecular flexibility index (Phi) is 3.14. The molecule has 0 N–H and O–H groups in total. The van der Waals surface area contributed by atoms with Gasteiger partial charge in [-0.3, -0.25) is 0 Å². The Hall–Kier alpha value is -3.06. The van der Waals surface area contributed by atoms with E-state index in [9.17, 15) is 0 Å². The standard InChI is InChI=1S/C24H19N/c1-2-25-23-10-6-5-9-21(23)22-16-17(11-14-24(22)25)15-19-13-12-18-7-3-4-8-20(18)19/h3-16H,2H2,1H3/b19-15+. The molecule has 1 aromatic heterocycles. The van der Waals surface area contributed by atoms with Gasteiger partial charge in [0.25, 0.3) is 0 Å². The zero-order valence-electron chi connectivity index (χ0n) is 14.2. The summed E-state index contributed by atoms with van der Waals surface area (Å²) in [6.45, 7) is 3.20. The molecule has 0 bridgehead atoms. The van der Waals surface area contributed by atoms with Crippen LogP contribution in [0.3, 0.4) is 0 Å². The Morgan fingerprint density at radius 2 is 1.60 bits per heavy atom. The molecule has 0 amide bonds. The van der Waals surface area contributed by atoms with Crippen LogP contribution in [0.2, 0.25) is 0 Å². The number of aromatic nitrogens is 1. The highest BCUT2D eigenvalue weighted by Gasteiger charge is 2.11. The van der Waals surface area contributed by atoms with Gasteiger partial charge >= 0.3 is 0 Å². The molecule has 1 heteroatoms. The molecule has 0 saturated heterocycles. The Bertz CT molecular complexity index is 1170. The van der Waals surface area contributed by atoms with E-state index in [1.54, 1.807) is 0 Å². The first-order valence-electron chi connectivity index (χ1n) is 8.85. The van der Waals surface area contributed by atoms with Gasteiger partial charge in [0, 0.05) is 28.4 Å². The number of benzene rings is 3. The number of rotatable bonds is 2. The number of para-hydroxylation sites is 1. The van der Waals surface area contributed by atoms with Gasteiger partial charge in [-0.25, -0.2) is 0 Å². The fourth-order valence-corrected chi connectivity index (χ4v) is 3.98. The molecule has 0 aliphatic heterocycles. The molecule has 1 heterocycles. The van der Waals surface area contributed by atoms with Gasteiger partial charge in [0.15, 0.2) is 0 Å². The lowest BCUT2D eigenvalue weighted by molar-refractivity contribution is 0.827. The molecule has 1 aliphatic rings. The number of allylic oxidation sites excluding steroid dienone is 2. The second-order valence-electron chi connectivity index (χ2n) is 6.56. The average Bonchev–Trinajstić information content (AvgIpc) is 3.21. The van der Waals surface area contributed by atoms with Crippen molar-refractivity contribution in [1.82, 2.24) is 4.57 Å². The van der Waals surface area contributed by atoms with Crippen molar-refractivity contribution in [2.45, 2.75) is 13.5 Å². The number of hydrogen-bond acceptors (Lipinski definition) is 0. The van der Waals surface area contributed by atoms with Crippen molar-refractivity contribution in [3.05, 3.63) is 89.5 Å². The fourth-order valence-electron chi connectivity index (χ4n) is 3.98. The molecule has 4 aromatic rings. The van der Waals surface area contributed by atoms with E-state index in [4.69, 9.17) is 0 Å². The summed E-state index contributed by atoms with van der Waals surface area (Å²) in [5, 5.41) is 2.67. The zero-order valence-corrected chi connectivity index (χ0v) is 14.2. The minimum Gasteiger partial charge on any atom is -0.341 e. The van der Waals surface area contributed by atoms with Gasteiger partial charge in [0.2, 0.25) is 0 Å². The van der Waals surface area contributed by atoms with E-state index in [0.717, 1.165) is 6.54 Å². The monoisotopic (exact) mass is 321 g/mol. The van der Waals surface area contributed by atoms with E-state index in [1.165, 1.54) is 44.1 Å². The summed E-state index contributed by atoms with van der Waals surface area (Å²) in [7, 11) is 0. The normalized spacial score (nSPS) is 14.7. The third kappa shape index (κ3) is 2.16. The number of fused-ring (bicyclic) bond motifs is 4. The van der Waals surface area contributed by atoms with Crippen molar-refractivity contribution in [3.8, 4) is 0 Å². The van der Waals surface area contributed by atoms with Gasteiger partial charge in [0.1, 0.15) is 0 Å². The summed E-state index contributed by atoms with van der Waals surface area (Å²) < 4.78 is 2.40. The molecule has 3 aromatic carbocycles. The maximum atomic E-state index is 2.40. The van der Waals surface area contributed by atoms with Crippen LogP contribution in [0, 0.1) is 0 Å².